The first-order valence-corrected chi connectivity index (χ1v) is 5.13. The molecule has 0 aliphatic carbocycles. The van der Waals surface area contributed by atoms with Gasteiger partial charge in [0.25, 0.3) is 0 Å². The highest BCUT2D eigenvalue weighted by Gasteiger charge is 2.04. The predicted octanol–water partition coefficient (Wildman–Crippen LogP) is 2.26. The molecule has 0 N–H and O–H groups in total. The molecule has 0 aromatic carbocycles. The zero-order valence-corrected chi connectivity index (χ0v) is 9.25. The number of hydrogen-bond donors (Lipinski definition) is 0. The fraction of sp³-hybridized carbons (Fsp3) is 0.250. The highest BCUT2D eigenvalue weighted by Crippen LogP contribution is 2.13. The monoisotopic (exact) mass is 212 g/mol. The smallest absolute Gasteiger partial charge is 0.140 e. The molecule has 0 fully saturated rings. The van der Waals surface area contributed by atoms with Crippen LogP contribution in [0.1, 0.15) is 31.2 Å². The molecule has 0 aliphatic rings. The molecule has 2 heterocycles. The molecule has 0 amide bonds. The molecule has 0 spiro atoms. The SMILES string of the molecule is CC(C)c1ccn(-c2ccc(C#N)nc2)n1. The van der Waals surface area contributed by atoms with Crippen molar-refractivity contribution >= 4 is 0 Å². The number of nitrogens with zero attached hydrogens (tertiary/aromatic N) is 4. The first kappa shape index (κ1) is 10.4. The Kier molecular flexibility index (Phi) is 2.69. The van der Waals surface area contributed by atoms with Crippen LogP contribution in [0.25, 0.3) is 5.69 Å². The maximum absolute atomic E-state index is 8.64. The lowest BCUT2D eigenvalue weighted by molar-refractivity contribution is 0.766. The lowest BCUT2D eigenvalue weighted by atomic mass is 10.1. The van der Waals surface area contributed by atoms with Crippen molar-refractivity contribution in [3.63, 3.8) is 0 Å². The summed E-state index contributed by atoms with van der Waals surface area (Å²) in [5, 5.41) is 13.1. The van der Waals surface area contributed by atoms with Crippen molar-refractivity contribution < 1.29 is 0 Å². The zero-order valence-electron chi connectivity index (χ0n) is 9.25. The number of rotatable bonds is 2. The summed E-state index contributed by atoms with van der Waals surface area (Å²) in [6.45, 7) is 4.20. The van der Waals surface area contributed by atoms with E-state index in [1.165, 1.54) is 0 Å². The van der Waals surface area contributed by atoms with E-state index in [1.807, 2.05) is 24.4 Å². The van der Waals surface area contributed by atoms with Crippen LogP contribution >= 0.6 is 0 Å². The van der Waals surface area contributed by atoms with Gasteiger partial charge in [0, 0.05) is 6.20 Å². The Balaban J connectivity index is 2.32. The first-order chi connectivity index (χ1) is 7.70. The molecule has 16 heavy (non-hydrogen) atoms. The van der Waals surface area contributed by atoms with Crippen LogP contribution < -0.4 is 0 Å². The van der Waals surface area contributed by atoms with Gasteiger partial charge in [0.1, 0.15) is 11.8 Å². The van der Waals surface area contributed by atoms with E-state index in [1.54, 1.807) is 16.9 Å². The summed E-state index contributed by atoms with van der Waals surface area (Å²) >= 11 is 0. The van der Waals surface area contributed by atoms with Gasteiger partial charge in [0.05, 0.1) is 17.6 Å². The molecule has 0 saturated heterocycles. The Morgan fingerprint density at radius 2 is 2.12 bits per heavy atom. The molecule has 4 heteroatoms. The highest BCUT2D eigenvalue weighted by atomic mass is 15.3. The summed E-state index contributed by atoms with van der Waals surface area (Å²) in [7, 11) is 0. The van der Waals surface area contributed by atoms with Gasteiger partial charge in [-0.15, -0.1) is 0 Å². The summed E-state index contributed by atoms with van der Waals surface area (Å²) in [4.78, 5) is 4.01. The third kappa shape index (κ3) is 1.94. The molecule has 2 rings (SSSR count). The number of aromatic nitrogens is 3. The maximum atomic E-state index is 8.64. The van der Waals surface area contributed by atoms with Crippen LogP contribution in [0.5, 0.6) is 0 Å². The number of pyridine rings is 1. The minimum Gasteiger partial charge on any atom is -0.243 e. The van der Waals surface area contributed by atoms with Crippen LogP contribution in [-0.2, 0) is 0 Å². The number of hydrogen-bond acceptors (Lipinski definition) is 3. The van der Waals surface area contributed by atoms with E-state index in [0.29, 0.717) is 11.6 Å². The van der Waals surface area contributed by atoms with E-state index >= 15 is 0 Å². The second-order valence-electron chi connectivity index (χ2n) is 3.85. The fourth-order valence-corrected chi connectivity index (χ4v) is 1.38. The summed E-state index contributed by atoms with van der Waals surface area (Å²) in [6.07, 6.45) is 3.55. The minimum atomic E-state index is 0.410. The van der Waals surface area contributed by atoms with Crippen molar-refractivity contribution in [3.05, 3.63) is 42.0 Å². The molecule has 0 saturated carbocycles. The second kappa shape index (κ2) is 4.15. The third-order valence-electron chi connectivity index (χ3n) is 2.33. The van der Waals surface area contributed by atoms with E-state index in [-0.39, 0.29) is 0 Å². The van der Waals surface area contributed by atoms with Gasteiger partial charge < -0.3 is 0 Å². The molecule has 4 nitrogen and oxygen atoms in total. The van der Waals surface area contributed by atoms with E-state index in [4.69, 9.17) is 5.26 Å². The van der Waals surface area contributed by atoms with Crippen molar-refractivity contribution in [3.8, 4) is 11.8 Å². The van der Waals surface area contributed by atoms with Crippen LogP contribution in [0.3, 0.4) is 0 Å². The van der Waals surface area contributed by atoms with Crippen molar-refractivity contribution in [1.29, 1.82) is 5.26 Å². The van der Waals surface area contributed by atoms with Gasteiger partial charge in [-0.25, -0.2) is 9.67 Å². The molecule has 2 aromatic heterocycles. The normalized spacial score (nSPS) is 10.4. The van der Waals surface area contributed by atoms with Crippen molar-refractivity contribution in [2.24, 2.45) is 0 Å². The van der Waals surface area contributed by atoms with Crippen LogP contribution in [0.2, 0.25) is 0 Å². The quantitative estimate of drug-likeness (QED) is 0.767. The fourth-order valence-electron chi connectivity index (χ4n) is 1.38. The van der Waals surface area contributed by atoms with E-state index in [0.717, 1.165) is 11.4 Å². The molecular formula is C12H12N4. The average molecular weight is 212 g/mol. The molecule has 0 atom stereocenters. The standard InChI is InChI=1S/C12H12N4/c1-9(2)12-5-6-16(15-12)11-4-3-10(7-13)14-8-11/h3-6,8-9H,1-2H3. The van der Waals surface area contributed by atoms with Crippen LogP contribution in [0, 0.1) is 11.3 Å². The lowest BCUT2D eigenvalue weighted by Crippen LogP contribution is -1.98. The lowest BCUT2D eigenvalue weighted by Gasteiger charge is -2.01. The summed E-state index contributed by atoms with van der Waals surface area (Å²) in [6, 6.07) is 7.50. The second-order valence-corrected chi connectivity index (χ2v) is 3.85. The highest BCUT2D eigenvalue weighted by molar-refractivity contribution is 5.32. The molecule has 0 radical (unpaired) electrons. The summed E-state index contributed by atoms with van der Waals surface area (Å²) < 4.78 is 1.77. The van der Waals surface area contributed by atoms with Gasteiger partial charge in [-0.2, -0.15) is 10.4 Å². The van der Waals surface area contributed by atoms with Gasteiger partial charge in [-0.3, -0.25) is 0 Å². The molecule has 0 aliphatic heterocycles. The summed E-state index contributed by atoms with van der Waals surface area (Å²) in [5.41, 5.74) is 2.33. The van der Waals surface area contributed by atoms with Gasteiger partial charge >= 0.3 is 0 Å². The topological polar surface area (TPSA) is 54.5 Å². The molecule has 0 bridgehead atoms. The first-order valence-electron chi connectivity index (χ1n) is 5.13. The molecule has 0 unspecified atom stereocenters. The van der Waals surface area contributed by atoms with Gasteiger partial charge in [0.15, 0.2) is 0 Å². The van der Waals surface area contributed by atoms with Gasteiger partial charge in [-0.05, 0) is 24.1 Å². The van der Waals surface area contributed by atoms with Crippen LogP contribution in [0.15, 0.2) is 30.6 Å². The van der Waals surface area contributed by atoms with Gasteiger partial charge in [-0.1, -0.05) is 13.8 Å². The Hall–Kier alpha value is -2.15. The molecule has 2 aromatic rings. The Bertz CT molecular complexity index is 517. The van der Waals surface area contributed by atoms with Crippen molar-refractivity contribution in [2.75, 3.05) is 0 Å². The average Bonchev–Trinajstić information content (AvgIpc) is 2.78. The molecule has 80 valence electrons. The predicted molar refractivity (Wildman–Crippen MR) is 60.2 cm³/mol. The van der Waals surface area contributed by atoms with Crippen molar-refractivity contribution in [1.82, 2.24) is 14.8 Å². The molecular weight excluding hydrogens is 200 g/mol. The Labute approximate surface area is 94.2 Å². The van der Waals surface area contributed by atoms with E-state index in [2.05, 4.69) is 23.9 Å². The zero-order chi connectivity index (χ0) is 11.5. The maximum Gasteiger partial charge on any atom is 0.140 e. The third-order valence-corrected chi connectivity index (χ3v) is 2.33. The van der Waals surface area contributed by atoms with Gasteiger partial charge in [0.2, 0.25) is 0 Å². The Morgan fingerprint density at radius 1 is 1.31 bits per heavy atom. The minimum absolute atomic E-state index is 0.410. The summed E-state index contributed by atoms with van der Waals surface area (Å²) in [5.74, 6) is 0.410. The number of nitriles is 1. The van der Waals surface area contributed by atoms with Crippen molar-refractivity contribution in [2.45, 2.75) is 19.8 Å². The van der Waals surface area contributed by atoms with Crippen LogP contribution in [-0.4, -0.2) is 14.8 Å². The van der Waals surface area contributed by atoms with E-state index < -0.39 is 0 Å². The Morgan fingerprint density at radius 3 is 2.62 bits per heavy atom. The largest absolute Gasteiger partial charge is 0.243 e. The van der Waals surface area contributed by atoms with E-state index in [9.17, 15) is 0 Å². The van der Waals surface area contributed by atoms with Crippen LogP contribution in [0.4, 0.5) is 0 Å².